The van der Waals surface area contributed by atoms with Crippen LogP contribution in [0.2, 0.25) is 0 Å². The Labute approximate surface area is 279 Å². The van der Waals surface area contributed by atoms with Crippen LogP contribution in [0.3, 0.4) is 0 Å². The Bertz CT molecular complexity index is 2410. The van der Waals surface area contributed by atoms with Gasteiger partial charge in [-0.1, -0.05) is 121 Å². The number of hydrogen-bond donors (Lipinski definition) is 0. The maximum absolute atomic E-state index is 2.61. The number of nitrogens with zero attached hydrogens (tertiary/aromatic N) is 2. The molecule has 12 rings (SSSR count). The van der Waals surface area contributed by atoms with Gasteiger partial charge in [0.25, 0.3) is 0 Å². The predicted molar refractivity (Wildman–Crippen MR) is 199 cm³/mol. The van der Waals surface area contributed by atoms with E-state index in [-0.39, 0.29) is 12.1 Å². The highest BCUT2D eigenvalue weighted by Crippen LogP contribution is 2.62. The van der Waals surface area contributed by atoms with Crippen molar-refractivity contribution in [3.63, 3.8) is 0 Å². The van der Waals surface area contributed by atoms with Gasteiger partial charge in [0.2, 0.25) is 0 Å². The molecule has 4 heterocycles. The molecule has 0 amide bonds. The quantitative estimate of drug-likeness (QED) is 0.169. The first-order chi connectivity index (χ1) is 23.9. The zero-order valence-electron chi connectivity index (χ0n) is 26.3. The lowest BCUT2D eigenvalue weighted by atomic mass is 9.75. The Hall–Kier alpha value is -5.86. The van der Waals surface area contributed by atoms with E-state index in [4.69, 9.17) is 0 Å². The van der Waals surface area contributed by atoms with Gasteiger partial charge < -0.3 is 9.80 Å². The van der Waals surface area contributed by atoms with Crippen molar-refractivity contribution in [2.24, 2.45) is 0 Å². The van der Waals surface area contributed by atoms with Gasteiger partial charge in [-0.2, -0.15) is 0 Å². The van der Waals surface area contributed by atoms with Gasteiger partial charge in [-0.15, -0.1) is 0 Å². The second-order valence-electron chi connectivity index (χ2n) is 13.8. The van der Waals surface area contributed by atoms with Crippen LogP contribution in [0.4, 0.5) is 22.7 Å². The predicted octanol–water partition coefficient (Wildman–Crippen LogP) is 12.0. The molecule has 0 bridgehead atoms. The zero-order chi connectivity index (χ0) is 31.1. The van der Waals surface area contributed by atoms with Crippen molar-refractivity contribution in [2.75, 3.05) is 9.80 Å². The summed E-state index contributed by atoms with van der Waals surface area (Å²) >= 11 is 0. The molecule has 2 atom stereocenters. The van der Waals surface area contributed by atoms with Gasteiger partial charge in [-0.3, -0.25) is 0 Å². The molecule has 2 aliphatic carbocycles. The molecule has 0 aromatic heterocycles. The van der Waals surface area contributed by atoms with Crippen molar-refractivity contribution < 1.29 is 0 Å². The summed E-state index contributed by atoms with van der Waals surface area (Å²) in [6.07, 6.45) is 11.5. The lowest BCUT2D eigenvalue weighted by Crippen LogP contribution is -2.33. The van der Waals surface area contributed by atoms with Crippen molar-refractivity contribution in [3.05, 3.63) is 179 Å². The monoisotopic (exact) mass is 610 g/mol. The van der Waals surface area contributed by atoms with Crippen molar-refractivity contribution in [1.29, 1.82) is 0 Å². The molecule has 6 aliphatic rings. The van der Waals surface area contributed by atoms with Gasteiger partial charge in [0.15, 0.2) is 0 Å². The lowest BCUT2D eigenvalue weighted by Gasteiger charge is -2.46. The first kappa shape index (κ1) is 25.3. The molecular weight excluding hydrogens is 581 g/mol. The molecule has 0 N–H and O–H groups in total. The van der Waals surface area contributed by atoms with Gasteiger partial charge in [-0.05, 0) is 92.4 Å². The Morgan fingerprint density at radius 3 is 1.21 bits per heavy atom. The topological polar surface area (TPSA) is 6.48 Å². The standard InChI is InChI=1S/C46H30N2/c1-5-19-39-29(11-1)27-15-9-17-33(27)45-37-25-23-32-31(43(37)35-13-3-7-21-41(35)47(39)45)24-26-38-44(32)36-14-4-8-22-42(36)48-40-20-6-2-12-30(40)28-16-10-18-34(28)46(38)48/h1-14,17-26,45-46H,15-16H2. The molecular formula is C46H30N2. The largest absolute Gasteiger partial charge is 0.329 e. The lowest BCUT2D eigenvalue weighted by molar-refractivity contribution is 0.801. The highest BCUT2D eigenvalue weighted by Gasteiger charge is 2.43. The molecule has 4 aliphatic heterocycles. The first-order valence-electron chi connectivity index (χ1n) is 17.2. The fourth-order valence-corrected chi connectivity index (χ4v) is 9.96. The molecule has 2 nitrogen and oxygen atoms in total. The van der Waals surface area contributed by atoms with E-state index in [0.717, 1.165) is 12.8 Å². The van der Waals surface area contributed by atoms with Gasteiger partial charge in [0.05, 0.1) is 12.1 Å². The molecule has 224 valence electrons. The van der Waals surface area contributed by atoms with Crippen molar-refractivity contribution in [2.45, 2.75) is 24.9 Å². The Morgan fingerprint density at radius 2 is 0.771 bits per heavy atom. The highest BCUT2D eigenvalue weighted by molar-refractivity contribution is 6.13. The van der Waals surface area contributed by atoms with Crippen LogP contribution in [0.1, 0.15) is 47.2 Å². The third-order valence-corrected chi connectivity index (χ3v) is 11.7. The summed E-state index contributed by atoms with van der Waals surface area (Å²) < 4.78 is 0. The minimum atomic E-state index is 0.146. The molecule has 2 unspecified atom stereocenters. The number of anilines is 4. The minimum absolute atomic E-state index is 0.146. The van der Waals surface area contributed by atoms with Crippen LogP contribution in [0.5, 0.6) is 0 Å². The third-order valence-electron chi connectivity index (χ3n) is 11.7. The molecule has 0 saturated heterocycles. The van der Waals surface area contributed by atoms with Crippen LogP contribution in [0.25, 0.3) is 44.2 Å². The summed E-state index contributed by atoms with van der Waals surface area (Å²) in [4.78, 5) is 5.22. The zero-order valence-corrected chi connectivity index (χ0v) is 26.3. The van der Waals surface area contributed by atoms with Gasteiger partial charge >= 0.3 is 0 Å². The van der Waals surface area contributed by atoms with E-state index in [0.29, 0.717) is 0 Å². The second kappa shape index (κ2) is 8.93. The Balaban J connectivity index is 1.17. The molecule has 2 heteroatoms. The first-order valence-corrected chi connectivity index (χ1v) is 17.2. The van der Waals surface area contributed by atoms with E-state index in [1.165, 1.54) is 100 Å². The summed E-state index contributed by atoms with van der Waals surface area (Å²) in [6, 6.07) is 46.3. The normalized spacial score (nSPS) is 19.9. The van der Waals surface area contributed by atoms with Crippen molar-refractivity contribution in [3.8, 4) is 22.3 Å². The van der Waals surface area contributed by atoms with Crippen LogP contribution in [0, 0.1) is 0 Å². The van der Waals surface area contributed by atoms with Crippen LogP contribution < -0.4 is 9.80 Å². The van der Waals surface area contributed by atoms with Crippen molar-refractivity contribution >= 4 is 44.7 Å². The van der Waals surface area contributed by atoms with E-state index < -0.39 is 0 Å². The van der Waals surface area contributed by atoms with Gasteiger partial charge in [0.1, 0.15) is 0 Å². The summed E-state index contributed by atoms with van der Waals surface area (Å²) in [5, 5.41) is 2.69. The van der Waals surface area contributed by atoms with Crippen LogP contribution in [-0.4, -0.2) is 0 Å². The molecule has 0 saturated carbocycles. The van der Waals surface area contributed by atoms with E-state index in [1.807, 2.05) is 0 Å². The summed E-state index contributed by atoms with van der Waals surface area (Å²) in [5.41, 5.74) is 22.0. The van der Waals surface area contributed by atoms with E-state index in [2.05, 4.69) is 155 Å². The number of hydrogen-bond acceptors (Lipinski definition) is 2. The van der Waals surface area contributed by atoms with Crippen LogP contribution >= 0.6 is 0 Å². The van der Waals surface area contributed by atoms with E-state index in [9.17, 15) is 0 Å². The smallest absolute Gasteiger partial charge is 0.0854 e. The van der Waals surface area contributed by atoms with E-state index in [1.54, 1.807) is 0 Å². The fraction of sp³-hybridized carbons (Fsp3) is 0.0870. The highest BCUT2D eigenvalue weighted by atomic mass is 15.2. The number of allylic oxidation sites excluding steroid dienone is 4. The summed E-state index contributed by atoms with van der Waals surface area (Å²) in [7, 11) is 0. The second-order valence-corrected chi connectivity index (χ2v) is 13.8. The number of benzene rings is 6. The Kier molecular flexibility index (Phi) is 4.70. The van der Waals surface area contributed by atoms with E-state index >= 15 is 0 Å². The summed E-state index contributed by atoms with van der Waals surface area (Å²) in [5.74, 6) is 0. The van der Waals surface area contributed by atoms with Crippen LogP contribution in [-0.2, 0) is 0 Å². The van der Waals surface area contributed by atoms with Gasteiger partial charge in [-0.25, -0.2) is 0 Å². The van der Waals surface area contributed by atoms with Gasteiger partial charge in [0, 0.05) is 45.0 Å². The number of fused-ring (bicyclic) bond motifs is 23. The molecule has 6 aromatic rings. The maximum Gasteiger partial charge on any atom is 0.0854 e. The fourth-order valence-electron chi connectivity index (χ4n) is 9.96. The molecule has 0 fully saturated rings. The summed E-state index contributed by atoms with van der Waals surface area (Å²) in [6.45, 7) is 0. The number of rotatable bonds is 0. The molecule has 0 spiro atoms. The third kappa shape index (κ3) is 2.96. The average molecular weight is 611 g/mol. The SMILES string of the molecule is C1=CC2=C(C1)c1ccccc1N1c3ccccc3-c3c(ccc4c5c(ccc34)C3C4=C(CC=C4)c4ccccc4N3c3ccccc3-5)C21. The maximum atomic E-state index is 2.61. The van der Waals surface area contributed by atoms with Crippen LogP contribution in [0.15, 0.2) is 157 Å². The molecule has 48 heavy (non-hydrogen) atoms. The minimum Gasteiger partial charge on any atom is -0.329 e. The molecule has 0 radical (unpaired) electrons. The van der Waals surface area contributed by atoms with Crippen molar-refractivity contribution in [1.82, 2.24) is 0 Å². The molecule has 6 aromatic carbocycles. The average Bonchev–Trinajstić information content (AvgIpc) is 3.85. The number of para-hydroxylation sites is 4. The Morgan fingerprint density at radius 1 is 0.396 bits per heavy atom.